The van der Waals surface area contributed by atoms with Crippen molar-refractivity contribution < 1.29 is 4.79 Å². The number of hydrogen-bond donors (Lipinski definition) is 0. The van der Waals surface area contributed by atoms with Crippen LogP contribution >= 0.6 is 46.4 Å². The van der Waals surface area contributed by atoms with Crippen molar-refractivity contribution in [3.8, 4) is 0 Å². The minimum atomic E-state index is -1.42. The standard InChI is InChI=1S/C8H8Cl4O/c9-7(4-8(10,11)12)5(13)3-6(7)1-2-6/h1-4H2. The van der Waals surface area contributed by atoms with Crippen LogP contribution in [-0.4, -0.2) is 14.4 Å². The van der Waals surface area contributed by atoms with Crippen LogP contribution in [0.4, 0.5) is 0 Å². The van der Waals surface area contributed by atoms with Crippen LogP contribution in [0.2, 0.25) is 0 Å². The van der Waals surface area contributed by atoms with Gasteiger partial charge in [-0.1, -0.05) is 34.8 Å². The molecule has 13 heavy (non-hydrogen) atoms. The Balaban J connectivity index is 2.15. The van der Waals surface area contributed by atoms with Gasteiger partial charge in [-0.25, -0.2) is 0 Å². The third kappa shape index (κ3) is 1.49. The predicted molar refractivity (Wildman–Crippen MR) is 54.8 cm³/mol. The minimum Gasteiger partial charge on any atom is -0.298 e. The summed E-state index contributed by atoms with van der Waals surface area (Å²) in [7, 11) is 0. The lowest BCUT2D eigenvalue weighted by atomic mass is 9.67. The number of carbonyl (C=O) groups is 1. The largest absolute Gasteiger partial charge is 0.298 e. The molecule has 74 valence electrons. The number of carbonyl (C=O) groups excluding carboxylic acids is 1. The second-order valence-corrected chi connectivity index (χ2v) is 7.13. The van der Waals surface area contributed by atoms with E-state index in [1.54, 1.807) is 0 Å². The average molecular weight is 262 g/mol. The van der Waals surface area contributed by atoms with E-state index in [1.165, 1.54) is 0 Å². The molecule has 0 heterocycles. The molecule has 1 spiro atoms. The van der Waals surface area contributed by atoms with Crippen molar-refractivity contribution in [1.82, 2.24) is 0 Å². The van der Waals surface area contributed by atoms with E-state index in [2.05, 4.69) is 0 Å². The van der Waals surface area contributed by atoms with E-state index in [4.69, 9.17) is 46.4 Å². The number of ketones is 1. The molecule has 1 unspecified atom stereocenters. The summed E-state index contributed by atoms with van der Waals surface area (Å²) in [5, 5.41) is 0. The molecule has 2 saturated carbocycles. The van der Waals surface area contributed by atoms with Crippen molar-refractivity contribution in [2.24, 2.45) is 5.41 Å². The molecule has 0 aliphatic heterocycles. The molecule has 0 saturated heterocycles. The van der Waals surface area contributed by atoms with Crippen LogP contribution in [0.15, 0.2) is 0 Å². The Bertz CT molecular complexity index is 266. The topological polar surface area (TPSA) is 17.1 Å². The van der Waals surface area contributed by atoms with Gasteiger partial charge in [-0.15, -0.1) is 11.6 Å². The number of alkyl halides is 4. The molecule has 0 bridgehead atoms. The Labute approximate surface area is 96.7 Å². The van der Waals surface area contributed by atoms with Crippen LogP contribution < -0.4 is 0 Å². The zero-order chi connectivity index (χ0) is 9.91. The normalized spacial score (nSPS) is 36.2. The fourth-order valence-electron chi connectivity index (χ4n) is 2.06. The maximum Gasteiger partial charge on any atom is 0.192 e. The minimum absolute atomic E-state index is 0.0259. The second-order valence-electron chi connectivity index (χ2n) is 3.97. The van der Waals surface area contributed by atoms with E-state index in [9.17, 15) is 4.79 Å². The fraction of sp³-hybridized carbons (Fsp3) is 0.875. The molecule has 2 aliphatic carbocycles. The van der Waals surface area contributed by atoms with Gasteiger partial charge in [0.05, 0.1) is 0 Å². The van der Waals surface area contributed by atoms with Gasteiger partial charge in [0.2, 0.25) is 0 Å². The molecule has 2 fully saturated rings. The number of hydrogen-bond acceptors (Lipinski definition) is 1. The maximum atomic E-state index is 11.4. The van der Waals surface area contributed by atoms with Crippen LogP contribution in [0, 0.1) is 5.41 Å². The lowest BCUT2D eigenvalue weighted by Gasteiger charge is -2.45. The van der Waals surface area contributed by atoms with Crippen LogP contribution in [0.5, 0.6) is 0 Å². The van der Waals surface area contributed by atoms with Gasteiger partial charge in [0.25, 0.3) is 0 Å². The summed E-state index contributed by atoms with van der Waals surface area (Å²) in [5.74, 6) is 0.0259. The molecule has 0 radical (unpaired) electrons. The summed E-state index contributed by atoms with van der Waals surface area (Å²) in [6.07, 6.45) is 2.67. The average Bonchev–Trinajstić information content (AvgIpc) is 2.66. The number of Topliss-reactive ketones (excluding diaryl/α,β-unsaturated/α-hetero) is 1. The first-order valence-electron chi connectivity index (χ1n) is 4.08. The highest BCUT2D eigenvalue weighted by atomic mass is 35.6. The SMILES string of the molecule is O=C1CC2(CC2)C1(Cl)CC(Cl)(Cl)Cl. The molecule has 5 heteroatoms. The number of rotatable bonds is 1. The van der Waals surface area contributed by atoms with Crippen molar-refractivity contribution >= 4 is 52.2 Å². The van der Waals surface area contributed by atoms with E-state index in [-0.39, 0.29) is 17.6 Å². The second kappa shape index (κ2) is 2.69. The third-order valence-electron chi connectivity index (χ3n) is 3.08. The third-order valence-corrected chi connectivity index (χ3v) is 4.23. The smallest absolute Gasteiger partial charge is 0.192 e. The van der Waals surface area contributed by atoms with E-state index in [0.29, 0.717) is 6.42 Å². The molecular weight excluding hydrogens is 254 g/mol. The van der Waals surface area contributed by atoms with Gasteiger partial charge in [-0.05, 0) is 12.8 Å². The summed E-state index contributed by atoms with van der Waals surface area (Å²) in [6, 6.07) is 0. The fourth-order valence-corrected chi connectivity index (χ4v) is 3.39. The van der Waals surface area contributed by atoms with E-state index in [0.717, 1.165) is 12.8 Å². The first-order valence-corrected chi connectivity index (χ1v) is 5.59. The van der Waals surface area contributed by atoms with Crippen molar-refractivity contribution in [2.45, 2.75) is 34.3 Å². The lowest BCUT2D eigenvalue weighted by Crippen LogP contribution is -2.55. The van der Waals surface area contributed by atoms with Gasteiger partial charge < -0.3 is 0 Å². The van der Waals surface area contributed by atoms with Gasteiger partial charge in [0, 0.05) is 18.3 Å². The summed E-state index contributed by atoms with van der Waals surface area (Å²) in [4.78, 5) is 10.5. The van der Waals surface area contributed by atoms with Gasteiger partial charge in [-0.2, -0.15) is 0 Å². The lowest BCUT2D eigenvalue weighted by molar-refractivity contribution is -0.133. The van der Waals surface area contributed by atoms with Gasteiger partial charge >= 0.3 is 0 Å². The monoisotopic (exact) mass is 260 g/mol. The van der Waals surface area contributed by atoms with Gasteiger partial charge in [0.1, 0.15) is 4.87 Å². The van der Waals surface area contributed by atoms with E-state index in [1.807, 2.05) is 0 Å². The Hall–Kier alpha value is 0.830. The van der Waals surface area contributed by atoms with Crippen molar-refractivity contribution in [3.63, 3.8) is 0 Å². The molecule has 1 atom stereocenters. The zero-order valence-corrected chi connectivity index (χ0v) is 9.77. The molecule has 2 rings (SSSR count). The molecule has 1 nitrogen and oxygen atoms in total. The maximum absolute atomic E-state index is 11.4. The summed E-state index contributed by atoms with van der Waals surface area (Å²) < 4.78 is -1.42. The molecular formula is C8H8Cl4O. The zero-order valence-electron chi connectivity index (χ0n) is 6.75. The molecule has 2 aliphatic rings. The summed E-state index contributed by atoms with van der Waals surface area (Å²) in [6.45, 7) is 0. The van der Waals surface area contributed by atoms with Crippen molar-refractivity contribution in [2.75, 3.05) is 0 Å². The molecule has 0 aromatic rings. The summed E-state index contributed by atoms with van der Waals surface area (Å²) in [5.41, 5.74) is -0.0322. The summed E-state index contributed by atoms with van der Waals surface area (Å²) >= 11 is 23.1. The van der Waals surface area contributed by atoms with Crippen LogP contribution in [0.1, 0.15) is 25.7 Å². The van der Waals surface area contributed by atoms with Gasteiger partial charge in [0.15, 0.2) is 9.58 Å². The van der Waals surface area contributed by atoms with Crippen LogP contribution in [0.25, 0.3) is 0 Å². The van der Waals surface area contributed by atoms with Crippen LogP contribution in [0.3, 0.4) is 0 Å². The first-order chi connectivity index (χ1) is 5.79. The highest BCUT2D eigenvalue weighted by Gasteiger charge is 2.72. The Morgan fingerprint density at radius 3 is 2.15 bits per heavy atom. The molecule has 0 amide bonds. The van der Waals surface area contributed by atoms with E-state index >= 15 is 0 Å². The van der Waals surface area contributed by atoms with Gasteiger partial charge in [-0.3, -0.25) is 4.79 Å². The predicted octanol–water partition coefficient (Wildman–Crippen LogP) is 3.48. The Morgan fingerprint density at radius 2 is 1.85 bits per heavy atom. The molecule has 0 N–H and O–H groups in total. The van der Waals surface area contributed by atoms with Crippen molar-refractivity contribution in [1.29, 1.82) is 0 Å². The quantitative estimate of drug-likeness (QED) is 0.661. The first kappa shape index (κ1) is 10.4. The van der Waals surface area contributed by atoms with Crippen LogP contribution in [-0.2, 0) is 4.79 Å². The Kier molecular flexibility index (Phi) is 2.14. The molecule has 0 aromatic carbocycles. The van der Waals surface area contributed by atoms with E-state index < -0.39 is 8.67 Å². The highest BCUT2D eigenvalue weighted by Crippen LogP contribution is 2.70. The number of halogens is 4. The molecule has 0 aromatic heterocycles. The highest BCUT2D eigenvalue weighted by molar-refractivity contribution is 6.68. The van der Waals surface area contributed by atoms with Crippen molar-refractivity contribution in [3.05, 3.63) is 0 Å². The Morgan fingerprint density at radius 1 is 1.31 bits per heavy atom.